The van der Waals surface area contributed by atoms with Crippen LogP contribution in [0.3, 0.4) is 0 Å². The van der Waals surface area contributed by atoms with Crippen LogP contribution in [0.2, 0.25) is 0 Å². The van der Waals surface area contributed by atoms with Crippen molar-refractivity contribution < 1.29 is 4.52 Å². The molecule has 1 heterocycles. The van der Waals surface area contributed by atoms with E-state index in [2.05, 4.69) is 28.3 Å². The first kappa shape index (κ1) is 12.1. The van der Waals surface area contributed by atoms with Gasteiger partial charge in [0, 0.05) is 5.92 Å². The Kier molecular flexibility index (Phi) is 2.67. The van der Waals surface area contributed by atoms with Crippen LogP contribution in [-0.4, -0.2) is 10.1 Å². The van der Waals surface area contributed by atoms with Crippen molar-refractivity contribution in [3.63, 3.8) is 0 Å². The standard InChI is InChI=1S/C16H19N3O/c17-16(15-18-14(20-19-15)12-8-9-12)10-4-3-6-11-5-1-2-7-13(11)16/h1-2,5,7,12H,3-4,6,8-10,17H2. The van der Waals surface area contributed by atoms with Crippen molar-refractivity contribution in [1.29, 1.82) is 0 Å². The van der Waals surface area contributed by atoms with Gasteiger partial charge in [0.25, 0.3) is 0 Å². The highest BCUT2D eigenvalue weighted by Gasteiger charge is 2.39. The first-order valence-electron chi connectivity index (χ1n) is 7.49. The predicted octanol–water partition coefficient (Wildman–Crippen LogP) is 2.88. The second-order valence-electron chi connectivity index (χ2n) is 6.07. The molecule has 104 valence electrons. The fourth-order valence-electron chi connectivity index (χ4n) is 3.17. The van der Waals surface area contributed by atoms with Crippen LogP contribution >= 0.6 is 0 Å². The van der Waals surface area contributed by atoms with E-state index in [1.807, 2.05) is 6.07 Å². The van der Waals surface area contributed by atoms with Crippen molar-refractivity contribution in [1.82, 2.24) is 10.1 Å². The van der Waals surface area contributed by atoms with Gasteiger partial charge in [-0.15, -0.1) is 0 Å². The van der Waals surface area contributed by atoms with Gasteiger partial charge in [0.05, 0.1) is 0 Å². The van der Waals surface area contributed by atoms with E-state index in [0.717, 1.165) is 38.0 Å². The summed E-state index contributed by atoms with van der Waals surface area (Å²) in [6, 6.07) is 8.42. The molecule has 0 spiro atoms. The van der Waals surface area contributed by atoms with Crippen LogP contribution in [0.4, 0.5) is 0 Å². The van der Waals surface area contributed by atoms with E-state index in [-0.39, 0.29) is 0 Å². The number of hydrogen-bond donors (Lipinski definition) is 1. The van der Waals surface area contributed by atoms with E-state index in [0.29, 0.717) is 11.7 Å². The smallest absolute Gasteiger partial charge is 0.229 e. The summed E-state index contributed by atoms with van der Waals surface area (Å²) >= 11 is 0. The van der Waals surface area contributed by atoms with Crippen molar-refractivity contribution in [2.75, 3.05) is 0 Å². The van der Waals surface area contributed by atoms with Crippen LogP contribution < -0.4 is 5.73 Å². The van der Waals surface area contributed by atoms with Crippen molar-refractivity contribution in [2.24, 2.45) is 5.73 Å². The Morgan fingerprint density at radius 2 is 2.05 bits per heavy atom. The molecule has 4 rings (SSSR count). The molecular weight excluding hydrogens is 250 g/mol. The Morgan fingerprint density at radius 3 is 2.90 bits per heavy atom. The Hall–Kier alpha value is -1.68. The number of rotatable bonds is 2. The number of nitrogens with two attached hydrogens (primary N) is 1. The molecule has 20 heavy (non-hydrogen) atoms. The summed E-state index contributed by atoms with van der Waals surface area (Å²) in [5.41, 5.74) is 8.64. The second kappa shape index (κ2) is 4.42. The third kappa shape index (κ3) is 1.86. The summed E-state index contributed by atoms with van der Waals surface area (Å²) in [7, 11) is 0. The molecule has 1 unspecified atom stereocenters. The summed E-state index contributed by atoms with van der Waals surface area (Å²) < 4.78 is 5.42. The molecule has 1 aromatic carbocycles. The van der Waals surface area contributed by atoms with Gasteiger partial charge in [-0.2, -0.15) is 4.98 Å². The van der Waals surface area contributed by atoms with Gasteiger partial charge in [0.1, 0.15) is 5.54 Å². The molecule has 0 bridgehead atoms. The van der Waals surface area contributed by atoms with Crippen LogP contribution in [0.1, 0.15) is 60.9 Å². The second-order valence-corrected chi connectivity index (χ2v) is 6.07. The quantitative estimate of drug-likeness (QED) is 0.851. The zero-order valence-electron chi connectivity index (χ0n) is 11.5. The zero-order valence-corrected chi connectivity index (χ0v) is 11.5. The highest BCUT2D eigenvalue weighted by atomic mass is 16.5. The van der Waals surface area contributed by atoms with Gasteiger partial charge < -0.3 is 10.3 Å². The lowest BCUT2D eigenvalue weighted by atomic mass is 9.85. The van der Waals surface area contributed by atoms with Crippen LogP contribution in [0.5, 0.6) is 0 Å². The number of aromatic nitrogens is 2. The molecule has 0 saturated heterocycles. The van der Waals surface area contributed by atoms with Gasteiger partial charge in [-0.1, -0.05) is 35.8 Å². The lowest BCUT2D eigenvalue weighted by Gasteiger charge is -2.26. The third-order valence-corrected chi connectivity index (χ3v) is 4.53. The first-order valence-corrected chi connectivity index (χ1v) is 7.49. The van der Waals surface area contributed by atoms with Crippen LogP contribution in [-0.2, 0) is 12.0 Å². The minimum atomic E-state index is -0.594. The average molecular weight is 269 g/mol. The molecule has 2 N–H and O–H groups in total. The maximum Gasteiger partial charge on any atom is 0.229 e. The Morgan fingerprint density at radius 1 is 1.20 bits per heavy atom. The maximum absolute atomic E-state index is 6.74. The van der Waals surface area contributed by atoms with Crippen LogP contribution in [0.25, 0.3) is 0 Å². The Bertz CT molecular complexity index is 632. The monoisotopic (exact) mass is 269 g/mol. The zero-order chi connectivity index (χ0) is 13.6. The molecule has 4 heteroatoms. The van der Waals surface area contributed by atoms with Gasteiger partial charge in [-0.25, -0.2) is 0 Å². The SMILES string of the molecule is NC1(c2noc(C3CC3)n2)CCCCc2ccccc21. The Balaban J connectivity index is 1.80. The number of benzene rings is 1. The molecule has 4 nitrogen and oxygen atoms in total. The van der Waals surface area contributed by atoms with E-state index in [9.17, 15) is 0 Å². The third-order valence-electron chi connectivity index (χ3n) is 4.53. The van der Waals surface area contributed by atoms with E-state index in [1.54, 1.807) is 0 Å². The van der Waals surface area contributed by atoms with Crippen LogP contribution in [0, 0.1) is 0 Å². The lowest BCUT2D eigenvalue weighted by molar-refractivity contribution is 0.355. The lowest BCUT2D eigenvalue weighted by Crippen LogP contribution is -2.39. The molecule has 1 fully saturated rings. The summed E-state index contributed by atoms with van der Waals surface area (Å²) in [6.45, 7) is 0. The van der Waals surface area contributed by atoms with E-state index in [1.165, 1.54) is 17.5 Å². The fraction of sp³-hybridized carbons (Fsp3) is 0.500. The minimum absolute atomic E-state index is 0.473. The Labute approximate surface area is 118 Å². The molecule has 2 aliphatic carbocycles. The van der Waals surface area contributed by atoms with Crippen molar-refractivity contribution in [3.05, 3.63) is 47.1 Å². The highest BCUT2D eigenvalue weighted by Crippen LogP contribution is 2.41. The number of hydrogen-bond acceptors (Lipinski definition) is 4. The fourth-order valence-corrected chi connectivity index (χ4v) is 3.17. The molecule has 0 radical (unpaired) electrons. The number of fused-ring (bicyclic) bond motifs is 1. The molecule has 2 aliphatic rings. The van der Waals surface area contributed by atoms with Crippen molar-refractivity contribution in [3.8, 4) is 0 Å². The average Bonchev–Trinajstić information content (AvgIpc) is 3.23. The van der Waals surface area contributed by atoms with E-state index in [4.69, 9.17) is 10.3 Å². The van der Waals surface area contributed by atoms with Gasteiger partial charge >= 0.3 is 0 Å². The van der Waals surface area contributed by atoms with E-state index < -0.39 is 5.54 Å². The van der Waals surface area contributed by atoms with Crippen LogP contribution in [0.15, 0.2) is 28.8 Å². The minimum Gasteiger partial charge on any atom is -0.339 e. The molecule has 2 aromatic rings. The van der Waals surface area contributed by atoms with Gasteiger partial charge in [0.15, 0.2) is 5.82 Å². The summed E-state index contributed by atoms with van der Waals surface area (Å²) in [5, 5.41) is 4.20. The first-order chi connectivity index (χ1) is 9.77. The molecular formula is C16H19N3O. The molecule has 1 aromatic heterocycles. The maximum atomic E-state index is 6.74. The molecule has 1 atom stereocenters. The predicted molar refractivity (Wildman–Crippen MR) is 75.2 cm³/mol. The summed E-state index contributed by atoms with van der Waals surface area (Å²) in [6.07, 6.45) is 6.56. The van der Waals surface area contributed by atoms with Gasteiger partial charge in [-0.05, 0) is 43.2 Å². The van der Waals surface area contributed by atoms with Crippen molar-refractivity contribution >= 4 is 0 Å². The highest BCUT2D eigenvalue weighted by molar-refractivity contribution is 5.39. The van der Waals surface area contributed by atoms with Crippen molar-refractivity contribution in [2.45, 2.75) is 50.0 Å². The molecule has 1 saturated carbocycles. The summed E-state index contributed by atoms with van der Waals surface area (Å²) in [4.78, 5) is 4.61. The molecule has 0 aliphatic heterocycles. The summed E-state index contributed by atoms with van der Waals surface area (Å²) in [5.74, 6) is 1.90. The van der Waals surface area contributed by atoms with E-state index >= 15 is 0 Å². The topological polar surface area (TPSA) is 64.9 Å². The molecule has 0 amide bonds. The van der Waals surface area contributed by atoms with Gasteiger partial charge in [0.2, 0.25) is 5.89 Å². The number of aryl methyl sites for hydroxylation is 1. The van der Waals surface area contributed by atoms with Gasteiger partial charge in [-0.3, -0.25) is 0 Å². The normalized spacial score (nSPS) is 26.1. The largest absolute Gasteiger partial charge is 0.339 e. The number of nitrogens with zero attached hydrogens (tertiary/aromatic N) is 2.